The van der Waals surface area contributed by atoms with Crippen molar-refractivity contribution in [3.8, 4) is 5.75 Å². The van der Waals surface area contributed by atoms with E-state index in [1.165, 1.54) is 5.56 Å². The van der Waals surface area contributed by atoms with Crippen LogP contribution in [0.2, 0.25) is 0 Å². The third kappa shape index (κ3) is 5.76. The minimum absolute atomic E-state index is 0.132. The van der Waals surface area contributed by atoms with Gasteiger partial charge in [0.1, 0.15) is 11.5 Å². The van der Waals surface area contributed by atoms with Gasteiger partial charge in [-0.15, -0.1) is 0 Å². The van der Waals surface area contributed by atoms with Crippen molar-refractivity contribution in [3.05, 3.63) is 89.4 Å². The van der Waals surface area contributed by atoms with Gasteiger partial charge in [0.2, 0.25) is 5.91 Å². The van der Waals surface area contributed by atoms with Crippen LogP contribution in [0.5, 0.6) is 5.75 Å². The van der Waals surface area contributed by atoms with Crippen LogP contribution in [0.15, 0.2) is 71.3 Å². The lowest BCUT2D eigenvalue weighted by Crippen LogP contribution is -2.41. The predicted molar refractivity (Wildman–Crippen MR) is 135 cm³/mol. The highest BCUT2D eigenvalue weighted by molar-refractivity contribution is 5.80. The molecule has 6 heteroatoms. The van der Waals surface area contributed by atoms with Gasteiger partial charge < -0.3 is 19.0 Å². The zero-order chi connectivity index (χ0) is 24.9. The van der Waals surface area contributed by atoms with Crippen LogP contribution in [0.3, 0.4) is 0 Å². The van der Waals surface area contributed by atoms with E-state index in [9.17, 15) is 9.59 Å². The lowest BCUT2D eigenvalue weighted by molar-refractivity contribution is -0.137. The van der Waals surface area contributed by atoms with Crippen molar-refractivity contribution in [2.45, 2.75) is 52.3 Å². The maximum atomic E-state index is 13.2. The van der Waals surface area contributed by atoms with E-state index in [2.05, 4.69) is 32.0 Å². The molecule has 3 aromatic rings. The van der Waals surface area contributed by atoms with E-state index in [1.807, 2.05) is 41.3 Å². The largest absolute Gasteiger partial charge is 0.481 e. The molecule has 1 aliphatic rings. The number of amides is 2. The summed E-state index contributed by atoms with van der Waals surface area (Å²) in [5, 5.41) is 0. The van der Waals surface area contributed by atoms with Crippen molar-refractivity contribution < 1.29 is 18.7 Å². The van der Waals surface area contributed by atoms with E-state index in [0.29, 0.717) is 31.2 Å². The van der Waals surface area contributed by atoms with Crippen molar-refractivity contribution in [2.75, 3.05) is 13.6 Å². The van der Waals surface area contributed by atoms with Gasteiger partial charge in [0.15, 0.2) is 6.10 Å². The average molecular weight is 475 g/mol. The molecule has 0 saturated carbocycles. The molecule has 1 aliphatic heterocycles. The fourth-order valence-electron chi connectivity index (χ4n) is 4.68. The van der Waals surface area contributed by atoms with E-state index >= 15 is 0 Å². The summed E-state index contributed by atoms with van der Waals surface area (Å²) in [5.74, 6) is 1.66. The van der Waals surface area contributed by atoms with Gasteiger partial charge in [-0.1, -0.05) is 50.2 Å². The maximum Gasteiger partial charge on any atom is 0.263 e. The van der Waals surface area contributed by atoms with E-state index in [0.717, 1.165) is 23.3 Å². The molecule has 2 heterocycles. The van der Waals surface area contributed by atoms with Crippen LogP contribution in [-0.4, -0.2) is 41.3 Å². The molecule has 4 rings (SSSR count). The summed E-state index contributed by atoms with van der Waals surface area (Å²) < 4.78 is 11.5. The molecular weight excluding hydrogens is 440 g/mol. The molecule has 35 heavy (non-hydrogen) atoms. The minimum atomic E-state index is -0.662. The minimum Gasteiger partial charge on any atom is -0.481 e. The van der Waals surface area contributed by atoms with Crippen molar-refractivity contribution in [3.63, 3.8) is 0 Å². The number of hydrogen-bond donors (Lipinski definition) is 0. The molecule has 6 nitrogen and oxygen atoms in total. The first-order valence-electron chi connectivity index (χ1n) is 12.2. The summed E-state index contributed by atoms with van der Waals surface area (Å²) in [7, 11) is 1.74. The predicted octanol–water partition coefficient (Wildman–Crippen LogP) is 5.23. The van der Waals surface area contributed by atoms with Crippen molar-refractivity contribution in [1.82, 2.24) is 9.80 Å². The molecule has 2 unspecified atom stereocenters. The number of ether oxygens (including phenoxy) is 1. The molecule has 0 saturated heterocycles. The van der Waals surface area contributed by atoms with Gasteiger partial charge in [-0.25, -0.2) is 0 Å². The second-order valence-corrected chi connectivity index (χ2v) is 9.64. The van der Waals surface area contributed by atoms with E-state index < -0.39 is 6.10 Å². The molecule has 0 fully saturated rings. The van der Waals surface area contributed by atoms with Gasteiger partial charge in [0.05, 0.1) is 18.8 Å². The highest BCUT2D eigenvalue weighted by atomic mass is 16.5. The van der Waals surface area contributed by atoms with Crippen LogP contribution in [0, 0.1) is 5.92 Å². The molecule has 2 atom stereocenters. The third-order valence-electron chi connectivity index (χ3n) is 6.37. The number of furan rings is 1. The Hall–Kier alpha value is -3.54. The Balaban J connectivity index is 1.58. The third-order valence-corrected chi connectivity index (χ3v) is 6.37. The molecule has 0 N–H and O–H groups in total. The molecule has 0 spiro atoms. The summed E-state index contributed by atoms with van der Waals surface area (Å²) in [5.41, 5.74) is 3.33. The highest BCUT2D eigenvalue weighted by Crippen LogP contribution is 2.38. The summed E-state index contributed by atoms with van der Waals surface area (Å²) in [6.45, 7) is 6.96. The van der Waals surface area contributed by atoms with Crippen LogP contribution >= 0.6 is 0 Å². The Morgan fingerprint density at radius 2 is 1.86 bits per heavy atom. The SMILES string of the molecule is CC(C)CC(=O)N1CCc2ccc(OC(C)C(=O)N(C)Cc3ccco3)cc2C1c1ccccc1. The number of carbonyl (C=O) groups excluding carboxylic acids is 2. The second kappa shape index (κ2) is 10.8. The zero-order valence-electron chi connectivity index (χ0n) is 20.9. The number of hydrogen-bond acceptors (Lipinski definition) is 4. The first-order chi connectivity index (χ1) is 16.8. The standard InChI is InChI=1S/C29H34N2O4/c1-20(2)17-27(32)31-15-14-22-12-13-24(18-26(22)28(31)23-9-6-5-7-10-23)35-21(3)29(33)30(4)19-25-11-8-16-34-25/h5-13,16,18,20-21,28H,14-15,17,19H2,1-4H3. The molecule has 2 aromatic carbocycles. The van der Waals surface area contributed by atoms with Crippen LogP contribution < -0.4 is 4.74 Å². The van der Waals surface area contributed by atoms with Crippen LogP contribution in [0.25, 0.3) is 0 Å². The van der Waals surface area contributed by atoms with E-state index in [1.54, 1.807) is 31.2 Å². The zero-order valence-corrected chi connectivity index (χ0v) is 20.9. The Morgan fingerprint density at radius 1 is 1.09 bits per heavy atom. The fourth-order valence-corrected chi connectivity index (χ4v) is 4.68. The van der Waals surface area contributed by atoms with E-state index in [-0.39, 0.29) is 17.9 Å². The molecule has 0 radical (unpaired) electrons. The number of likely N-dealkylation sites (N-methyl/N-ethyl adjacent to an activating group) is 1. The van der Waals surface area contributed by atoms with Crippen molar-refractivity contribution in [2.24, 2.45) is 5.92 Å². The smallest absolute Gasteiger partial charge is 0.263 e. The molecule has 1 aromatic heterocycles. The molecule has 0 bridgehead atoms. The van der Waals surface area contributed by atoms with Gasteiger partial charge in [-0.05, 0) is 60.2 Å². The van der Waals surface area contributed by atoms with Gasteiger partial charge >= 0.3 is 0 Å². The first kappa shape index (κ1) is 24.6. The molecule has 0 aliphatic carbocycles. The number of rotatable bonds is 8. The number of carbonyl (C=O) groups is 2. The molecule has 184 valence electrons. The number of benzene rings is 2. The molecule has 2 amide bonds. The average Bonchev–Trinajstić information content (AvgIpc) is 3.35. The summed E-state index contributed by atoms with van der Waals surface area (Å²) in [6.07, 6.45) is 2.25. The normalized spacial score (nSPS) is 16.0. The lowest BCUT2D eigenvalue weighted by Gasteiger charge is -2.38. The van der Waals surface area contributed by atoms with Gasteiger partial charge in [-0.3, -0.25) is 9.59 Å². The Kier molecular flexibility index (Phi) is 7.59. The summed E-state index contributed by atoms with van der Waals surface area (Å²) >= 11 is 0. The highest BCUT2D eigenvalue weighted by Gasteiger charge is 2.32. The summed E-state index contributed by atoms with van der Waals surface area (Å²) in [4.78, 5) is 29.7. The van der Waals surface area contributed by atoms with Gasteiger partial charge in [0, 0.05) is 20.0 Å². The Labute approximate surface area is 207 Å². The van der Waals surface area contributed by atoms with Crippen LogP contribution in [0.1, 0.15) is 55.7 Å². The quantitative estimate of drug-likeness (QED) is 0.449. The lowest BCUT2D eigenvalue weighted by atomic mass is 9.87. The van der Waals surface area contributed by atoms with Crippen molar-refractivity contribution >= 4 is 11.8 Å². The Bertz CT molecular complexity index is 1140. The first-order valence-corrected chi connectivity index (χ1v) is 12.2. The maximum absolute atomic E-state index is 13.2. The van der Waals surface area contributed by atoms with Crippen LogP contribution in [0.4, 0.5) is 0 Å². The topological polar surface area (TPSA) is 63.0 Å². The monoisotopic (exact) mass is 474 g/mol. The number of nitrogens with zero attached hydrogens (tertiary/aromatic N) is 2. The second-order valence-electron chi connectivity index (χ2n) is 9.64. The molecular formula is C29H34N2O4. The fraction of sp³-hybridized carbons (Fsp3) is 0.379. The summed E-state index contributed by atoms with van der Waals surface area (Å²) in [6, 6.07) is 19.6. The van der Waals surface area contributed by atoms with Gasteiger partial charge in [-0.2, -0.15) is 0 Å². The van der Waals surface area contributed by atoms with Crippen molar-refractivity contribution in [1.29, 1.82) is 0 Å². The number of fused-ring (bicyclic) bond motifs is 1. The Morgan fingerprint density at radius 3 is 2.54 bits per heavy atom. The van der Waals surface area contributed by atoms with E-state index in [4.69, 9.17) is 9.15 Å². The van der Waals surface area contributed by atoms with Gasteiger partial charge in [0.25, 0.3) is 5.91 Å². The van der Waals surface area contributed by atoms with Crippen LogP contribution in [-0.2, 0) is 22.6 Å².